The van der Waals surface area contributed by atoms with Crippen LogP contribution in [0.15, 0.2) is 23.2 Å². The van der Waals surface area contributed by atoms with E-state index in [0.717, 1.165) is 49.1 Å². The first-order valence-corrected chi connectivity index (χ1v) is 7.98. The summed E-state index contributed by atoms with van der Waals surface area (Å²) in [7, 11) is 7.46. The lowest BCUT2D eigenvalue weighted by atomic mass is 10.2. The van der Waals surface area contributed by atoms with E-state index in [1.807, 2.05) is 18.2 Å². The van der Waals surface area contributed by atoms with E-state index in [1.165, 1.54) is 0 Å². The molecule has 0 spiro atoms. The van der Waals surface area contributed by atoms with Gasteiger partial charge in [0.1, 0.15) is 11.5 Å². The topological polar surface area (TPSA) is 58.1 Å². The minimum atomic E-state index is 0.552. The Morgan fingerprint density at radius 2 is 1.96 bits per heavy atom. The van der Waals surface area contributed by atoms with E-state index in [4.69, 9.17) is 9.47 Å². The maximum Gasteiger partial charge on any atom is 0.191 e. The van der Waals surface area contributed by atoms with Crippen molar-refractivity contribution in [2.24, 2.45) is 4.99 Å². The second kappa shape index (κ2) is 10.7. The van der Waals surface area contributed by atoms with Crippen LogP contribution in [0.3, 0.4) is 0 Å². The van der Waals surface area contributed by atoms with Gasteiger partial charge in [0.05, 0.1) is 20.8 Å². The van der Waals surface area contributed by atoms with Crippen LogP contribution in [-0.2, 0) is 6.54 Å². The molecule has 0 aliphatic rings. The summed E-state index contributed by atoms with van der Waals surface area (Å²) in [6.07, 6.45) is 1.07. The zero-order chi connectivity index (χ0) is 17.1. The molecule has 0 amide bonds. The number of hydrogen-bond acceptors (Lipinski definition) is 4. The third kappa shape index (κ3) is 7.23. The summed E-state index contributed by atoms with van der Waals surface area (Å²) in [4.78, 5) is 6.80. The first-order chi connectivity index (χ1) is 11.1. The Morgan fingerprint density at radius 1 is 1.17 bits per heavy atom. The van der Waals surface area contributed by atoms with Crippen LogP contribution in [0.4, 0.5) is 0 Å². The monoisotopic (exact) mass is 322 g/mol. The van der Waals surface area contributed by atoms with Gasteiger partial charge in [0.2, 0.25) is 0 Å². The van der Waals surface area contributed by atoms with Crippen LogP contribution >= 0.6 is 0 Å². The molecule has 130 valence electrons. The molecule has 0 atom stereocenters. The van der Waals surface area contributed by atoms with Crippen molar-refractivity contribution in [2.75, 3.05) is 47.9 Å². The second-order valence-electron chi connectivity index (χ2n) is 5.46. The van der Waals surface area contributed by atoms with Gasteiger partial charge in [-0.2, -0.15) is 0 Å². The van der Waals surface area contributed by atoms with Crippen molar-refractivity contribution in [2.45, 2.75) is 19.9 Å². The predicted octanol–water partition coefficient (Wildman–Crippen LogP) is 1.71. The Hall–Kier alpha value is -1.95. The molecule has 0 unspecified atom stereocenters. The van der Waals surface area contributed by atoms with Crippen LogP contribution in [0.2, 0.25) is 0 Å². The molecule has 0 radical (unpaired) electrons. The zero-order valence-electron chi connectivity index (χ0n) is 15.0. The largest absolute Gasteiger partial charge is 0.497 e. The first-order valence-electron chi connectivity index (χ1n) is 7.98. The van der Waals surface area contributed by atoms with Gasteiger partial charge in [-0.3, -0.25) is 0 Å². The minimum Gasteiger partial charge on any atom is -0.497 e. The molecule has 0 aliphatic carbocycles. The highest BCUT2D eigenvalue weighted by molar-refractivity contribution is 5.79. The van der Waals surface area contributed by atoms with Gasteiger partial charge in [0.25, 0.3) is 0 Å². The number of benzene rings is 1. The molecular formula is C17H30N4O2. The van der Waals surface area contributed by atoms with Crippen molar-refractivity contribution < 1.29 is 9.47 Å². The Bertz CT molecular complexity index is 489. The lowest BCUT2D eigenvalue weighted by Gasteiger charge is -2.14. The summed E-state index contributed by atoms with van der Waals surface area (Å²) in [6, 6.07) is 5.78. The number of methoxy groups -OCH3 is 2. The smallest absolute Gasteiger partial charge is 0.191 e. The molecule has 0 heterocycles. The fourth-order valence-corrected chi connectivity index (χ4v) is 2.09. The summed E-state index contributed by atoms with van der Waals surface area (Å²) < 4.78 is 10.6. The van der Waals surface area contributed by atoms with Gasteiger partial charge in [0.15, 0.2) is 5.96 Å². The van der Waals surface area contributed by atoms with E-state index < -0.39 is 0 Å². The Labute approximate surface area is 139 Å². The molecule has 6 nitrogen and oxygen atoms in total. The zero-order valence-corrected chi connectivity index (χ0v) is 15.0. The molecule has 1 aromatic carbocycles. The van der Waals surface area contributed by atoms with E-state index in [2.05, 4.69) is 41.5 Å². The third-order valence-corrected chi connectivity index (χ3v) is 3.32. The summed E-state index contributed by atoms with van der Waals surface area (Å²) in [5.74, 6) is 2.39. The average Bonchev–Trinajstić information content (AvgIpc) is 2.55. The fourth-order valence-electron chi connectivity index (χ4n) is 2.09. The van der Waals surface area contributed by atoms with Gasteiger partial charge < -0.3 is 25.0 Å². The van der Waals surface area contributed by atoms with E-state index in [1.54, 1.807) is 14.2 Å². The number of aliphatic imine (C=N–C) groups is 1. The Balaban J connectivity index is 2.65. The summed E-state index contributed by atoms with van der Waals surface area (Å²) in [5.41, 5.74) is 1.03. The quantitative estimate of drug-likeness (QED) is 0.412. The summed E-state index contributed by atoms with van der Waals surface area (Å²) >= 11 is 0. The minimum absolute atomic E-state index is 0.552. The molecule has 1 aromatic rings. The molecule has 0 saturated heterocycles. The Morgan fingerprint density at radius 3 is 2.57 bits per heavy atom. The summed E-state index contributed by atoms with van der Waals surface area (Å²) in [5, 5.41) is 6.61. The van der Waals surface area contributed by atoms with Crippen LogP contribution in [0, 0.1) is 0 Å². The van der Waals surface area contributed by atoms with Gasteiger partial charge >= 0.3 is 0 Å². The van der Waals surface area contributed by atoms with E-state index >= 15 is 0 Å². The molecule has 0 fully saturated rings. The van der Waals surface area contributed by atoms with Crippen LogP contribution < -0.4 is 20.1 Å². The van der Waals surface area contributed by atoms with Crippen LogP contribution in [0.5, 0.6) is 11.5 Å². The van der Waals surface area contributed by atoms with E-state index in [0.29, 0.717) is 6.54 Å². The number of ether oxygens (including phenoxy) is 2. The normalized spacial score (nSPS) is 11.5. The lowest BCUT2D eigenvalue weighted by molar-refractivity contribution is 0.391. The van der Waals surface area contributed by atoms with E-state index in [-0.39, 0.29) is 0 Å². The third-order valence-electron chi connectivity index (χ3n) is 3.32. The van der Waals surface area contributed by atoms with Crippen LogP contribution in [0.1, 0.15) is 18.9 Å². The summed E-state index contributed by atoms with van der Waals surface area (Å²) in [6.45, 7) is 5.39. The number of nitrogens with one attached hydrogen (secondary N) is 2. The highest BCUT2D eigenvalue weighted by Crippen LogP contribution is 2.25. The molecule has 6 heteroatoms. The highest BCUT2D eigenvalue weighted by atomic mass is 16.5. The number of hydrogen-bond donors (Lipinski definition) is 2. The molecule has 0 aromatic heterocycles. The Kier molecular flexibility index (Phi) is 8.90. The van der Waals surface area contributed by atoms with Crippen molar-refractivity contribution >= 4 is 5.96 Å². The molecule has 23 heavy (non-hydrogen) atoms. The van der Waals surface area contributed by atoms with Crippen molar-refractivity contribution in [3.63, 3.8) is 0 Å². The van der Waals surface area contributed by atoms with Crippen molar-refractivity contribution in [3.05, 3.63) is 23.8 Å². The predicted molar refractivity (Wildman–Crippen MR) is 95.5 cm³/mol. The highest BCUT2D eigenvalue weighted by Gasteiger charge is 2.05. The number of guanidine groups is 1. The van der Waals surface area contributed by atoms with Crippen LogP contribution in [-0.4, -0.2) is 58.8 Å². The van der Waals surface area contributed by atoms with Gasteiger partial charge in [-0.15, -0.1) is 0 Å². The lowest BCUT2D eigenvalue weighted by Crippen LogP contribution is -2.38. The van der Waals surface area contributed by atoms with E-state index in [9.17, 15) is 0 Å². The van der Waals surface area contributed by atoms with Gasteiger partial charge in [0, 0.05) is 24.7 Å². The van der Waals surface area contributed by atoms with Crippen LogP contribution in [0.25, 0.3) is 0 Å². The second-order valence-corrected chi connectivity index (χ2v) is 5.46. The van der Waals surface area contributed by atoms with Crippen molar-refractivity contribution in [3.8, 4) is 11.5 Å². The standard InChI is InChI=1S/C17H30N4O2/c1-6-18-17(19-10-7-11-21(2)3)20-13-14-8-9-15(22-4)12-16(14)23-5/h8-9,12H,6-7,10-11,13H2,1-5H3,(H2,18,19,20). The molecular weight excluding hydrogens is 292 g/mol. The van der Waals surface area contributed by atoms with Gasteiger partial charge in [-0.25, -0.2) is 4.99 Å². The number of rotatable bonds is 9. The molecule has 0 saturated carbocycles. The van der Waals surface area contributed by atoms with Crippen molar-refractivity contribution in [1.82, 2.24) is 15.5 Å². The van der Waals surface area contributed by atoms with Gasteiger partial charge in [-0.1, -0.05) is 0 Å². The maximum atomic E-state index is 5.41. The van der Waals surface area contributed by atoms with Crippen molar-refractivity contribution in [1.29, 1.82) is 0 Å². The first kappa shape index (κ1) is 19.1. The molecule has 2 N–H and O–H groups in total. The fraction of sp³-hybridized carbons (Fsp3) is 0.588. The molecule has 1 rings (SSSR count). The SMILES string of the molecule is CCNC(=NCc1ccc(OC)cc1OC)NCCCN(C)C. The molecule has 0 bridgehead atoms. The van der Waals surface area contributed by atoms with Gasteiger partial charge in [-0.05, 0) is 46.1 Å². The molecule has 0 aliphatic heterocycles. The maximum absolute atomic E-state index is 5.41. The average molecular weight is 322 g/mol. The number of nitrogens with zero attached hydrogens (tertiary/aromatic N) is 2.